The quantitative estimate of drug-likeness (QED) is 0.422. The fourth-order valence-electron chi connectivity index (χ4n) is 5.17. The molecule has 0 atom stereocenters. The van der Waals surface area contributed by atoms with Gasteiger partial charge in [0.25, 0.3) is 0 Å². The number of amides is 1. The molecule has 1 fully saturated rings. The average molecular weight is 469 g/mol. The van der Waals surface area contributed by atoms with Crippen molar-refractivity contribution in [3.05, 3.63) is 106 Å². The summed E-state index contributed by atoms with van der Waals surface area (Å²) in [7, 11) is 0. The third-order valence-corrected chi connectivity index (χ3v) is 6.86. The van der Waals surface area contributed by atoms with Crippen molar-refractivity contribution in [3.8, 4) is 5.75 Å². The van der Waals surface area contributed by atoms with Gasteiger partial charge in [0.1, 0.15) is 5.75 Å². The fourth-order valence-corrected chi connectivity index (χ4v) is 5.17. The van der Waals surface area contributed by atoms with Gasteiger partial charge in [-0.05, 0) is 90.4 Å². The lowest BCUT2D eigenvalue weighted by Crippen LogP contribution is -2.24. The minimum atomic E-state index is -0.354. The number of carbonyl (C=O) groups excluding carboxylic acids is 1. The van der Waals surface area contributed by atoms with Gasteiger partial charge in [-0.3, -0.25) is 4.79 Å². The predicted molar refractivity (Wildman–Crippen MR) is 144 cm³/mol. The summed E-state index contributed by atoms with van der Waals surface area (Å²) in [6.07, 6.45) is 4.52. The fraction of sp³-hybridized carbons (Fsp3) is 0.323. The first kappa shape index (κ1) is 24.7. The molecule has 0 spiro atoms. The molecule has 0 aliphatic carbocycles. The number of primary amides is 1. The summed E-state index contributed by atoms with van der Waals surface area (Å²) in [6.45, 7) is 6.86. The van der Waals surface area contributed by atoms with Gasteiger partial charge in [0.15, 0.2) is 0 Å². The van der Waals surface area contributed by atoms with Gasteiger partial charge < -0.3 is 15.8 Å². The molecule has 1 aliphatic heterocycles. The van der Waals surface area contributed by atoms with Gasteiger partial charge in [-0.25, -0.2) is 0 Å². The van der Waals surface area contributed by atoms with E-state index in [4.69, 9.17) is 10.5 Å². The van der Waals surface area contributed by atoms with Crippen LogP contribution in [0, 0.1) is 0 Å². The molecular weight excluding hydrogens is 432 g/mol. The molecule has 1 aliphatic rings. The van der Waals surface area contributed by atoms with E-state index < -0.39 is 0 Å². The van der Waals surface area contributed by atoms with Crippen LogP contribution in [-0.4, -0.2) is 25.6 Å². The Balaban J connectivity index is 1.73. The molecule has 4 heteroatoms. The topological polar surface area (TPSA) is 64.4 Å². The van der Waals surface area contributed by atoms with Crippen LogP contribution < -0.4 is 15.8 Å². The number of nitrogens with one attached hydrogen (secondary N) is 1. The van der Waals surface area contributed by atoms with E-state index >= 15 is 0 Å². The van der Waals surface area contributed by atoms with Crippen molar-refractivity contribution in [1.29, 1.82) is 0 Å². The normalized spacial score (nSPS) is 13.5. The van der Waals surface area contributed by atoms with Gasteiger partial charge in [-0.2, -0.15) is 0 Å². The molecule has 0 bridgehead atoms. The van der Waals surface area contributed by atoms with Crippen LogP contribution in [0.25, 0.3) is 5.57 Å². The summed E-state index contributed by atoms with van der Waals surface area (Å²) in [5.74, 6) is 0.529. The molecule has 4 rings (SSSR count). The summed E-state index contributed by atoms with van der Waals surface area (Å²) >= 11 is 0. The first-order chi connectivity index (χ1) is 17.1. The molecule has 0 saturated carbocycles. The Hall–Kier alpha value is -3.37. The molecular formula is C31H36N2O2. The standard InChI is InChI=1S/C31H36N2O2/c1-3-26-27(4-2)29(31(32)34)14-13-28(26)30(23-15-18-33-19-16-23)24-11-8-12-25(21-24)35-20-17-22-9-6-5-7-10-22/h5-14,21,33H,3-4,15-20H2,1-2H3,(H2,32,34). The Morgan fingerprint density at radius 2 is 1.57 bits per heavy atom. The van der Waals surface area contributed by atoms with Crippen molar-refractivity contribution in [2.75, 3.05) is 19.7 Å². The van der Waals surface area contributed by atoms with E-state index in [0.717, 1.165) is 56.5 Å². The van der Waals surface area contributed by atoms with E-state index in [2.05, 4.69) is 67.7 Å². The summed E-state index contributed by atoms with van der Waals surface area (Å²) in [5, 5.41) is 3.48. The van der Waals surface area contributed by atoms with Crippen LogP contribution >= 0.6 is 0 Å². The third kappa shape index (κ3) is 5.83. The van der Waals surface area contributed by atoms with Crippen molar-refractivity contribution in [2.45, 2.75) is 46.0 Å². The Bertz CT molecular complexity index is 1190. The second-order valence-electron chi connectivity index (χ2n) is 9.03. The number of benzene rings is 3. The van der Waals surface area contributed by atoms with E-state index in [-0.39, 0.29) is 5.91 Å². The molecule has 3 N–H and O–H groups in total. The van der Waals surface area contributed by atoms with Crippen LogP contribution in [0.2, 0.25) is 0 Å². The Morgan fingerprint density at radius 3 is 2.26 bits per heavy atom. The molecule has 4 nitrogen and oxygen atoms in total. The first-order valence-corrected chi connectivity index (χ1v) is 12.8. The van der Waals surface area contributed by atoms with Crippen LogP contribution in [0.5, 0.6) is 5.75 Å². The molecule has 35 heavy (non-hydrogen) atoms. The molecule has 0 radical (unpaired) electrons. The van der Waals surface area contributed by atoms with E-state index in [1.54, 1.807) is 0 Å². The van der Waals surface area contributed by atoms with E-state index in [9.17, 15) is 4.79 Å². The number of ether oxygens (including phenoxy) is 1. The largest absolute Gasteiger partial charge is 0.493 e. The van der Waals surface area contributed by atoms with Crippen molar-refractivity contribution >= 4 is 11.5 Å². The van der Waals surface area contributed by atoms with Crippen LogP contribution in [0.15, 0.2) is 72.3 Å². The lowest BCUT2D eigenvalue weighted by Gasteiger charge is -2.24. The average Bonchev–Trinajstić information content (AvgIpc) is 2.90. The molecule has 1 saturated heterocycles. The molecule has 3 aromatic rings. The minimum absolute atomic E-state index is 0.354. The third-order valence-electron chi connectivity index (χ3n) is 6.86. The molecule has 0 aromatic heterocycles. The highest BCUT2D eigenvalue weighted by molar-refractivity contribution is 5.96. The number of piperidine rings is 1. The zero-order valence-electron chi connectivity index (χ0n) is 20.9. The zero-order valence-corrected chi connectivity index (χ0v) is 20.9. The zero-order chi connectivity index (χ0) is 24.6. The number of carbonyl (C=O) groups is 1. The monoisotopic (exact) mass is 468 g/mol. The van der Waals surface area contributed by atoms with Crippen molar-refractivity contribution in [2.24, 2.45) is 5.73 Å². The van der Waals surface area contributed by atoms with Gasteiger partial charge >= 0.3 is 0 Å². The van der Waals surface area contributed by atoms with Gasteiger partial charge in [-0.1, -0.05) is 68.0 Å². The lowest BCUT2D eigenvalue weighted by atomic mass is 9.82. The maximum atomic E-state index is 12.1. The summed E-state index contributed by atoms with van der Waals surface area (Å²) in [5.41, 5.74) is 15.0. The predicted octanol–water partition coefficient (Wildman–Crippen LogP) is 5.72. The molecule has 0 unspecified atom stereocenters. The van der Waals surface area contributed by atoms with E-state index in [1.165, 1.54) is 33.4 Å². The number of hydrogen-bond donors (Lipinski definition) is 2. The van der Waals surface area contributed by atoms with Crippen LogP contribution in [0.3, 0.4) is 0 Å². The minimum Gasteiger partial charge on any atom is -0.493 e. The molecule has 1 amide bonds. The Kier molecular flexibility index (Phi) is 8.38. The van der Waals surface area contributed by atoms with E-state index in [0.29, 0.717) is 12.2 Å². The van der Waals surface area contributed by atoms with Crippen molar-refractivity contribution in [3.63, 3.8) is 0 Å². The summed E-state index contributed by atoms with van der Waals surface area (Å²) in [4.78, 5) is 12.1. The summed E-state index contributed by atoms with van der Waals surface area (Å²) < 4.78 is 6.18. The van der Waals surface area contributed by atoms with Crippen LogP contribution in [0.4, 0.5) is 0 Å². The van der Waals surface area contributed by atoms with Gasteiger partial charge in [0.05, 0.1) is 6.61 Å². The molecule has 182 valence electrons. The van der Waals surface area contributed by atoms with Crippen LogP contribution in [-0.2, 0) is 19.3 Å². The Labute approximate surface area is 209 Å². The molecule has 3 aromatic carbocycles. The Morgan fingerprint density at radius 1 is 0.886 bits per heavy atom. The second kappa shape index (κ2) is 11.9. The highest BCUT2D eigenvalue weighted by Gasteiger charge is 2.21. The first-order valence-electron chi connectivity index (χ1n) is 12.8. The van der Waals surface area contributed by atoms with Gasteiger partial charge in [0, 0.05) is 12.0 Å². The number of rotatable bonds is 9. The SMILES string of the molecule is CCc1c(C(N)=O)ccc(C(=C2CCNCC2)c2cccc(OCCc3ccccc3)c2)c1CC. The smallest absolute Gasteiger partial charge is 0.248 e. The number of nitrogens with two attached hydrogens (primary N) is 1. The van der Waals surface area contributed by atoms with Crippen molar-refractivity contribution in [1.82, 2.24) is 5.32 Å². The van der Waals surface area contributed by atoms with Crippen molar-refractivity contribution < 1.29 is 9.53 Å². The maximum Gasteiger partial charge on any atom is 0.248 e. The summed E-state index contributed by atoms with van der Waals surface area (Å²) in [6, 6.07) is 22.9. The highest BCUT2D eigenvalue weighted by Crippen LogP contribution is 2.36. The van der Waals surface area contributed by atoms with Gasteiger partial charge in [0.2, 0.25) is 5.91 Å². The maximum absolute atomic E-state index is 12.1. The molecule has 1 heterocycles. The number of hydrogen-bond acceptors (Lipinski definition) is 3. The van der Waals surface area contributed by atoms with Crippen LogP contribution in [0.1, 0.15) is 64.9 Å². The van der Waals surface area contributed by atoms with E-state index in [1.807, 2.05) is 18.2 Å². The second-order valence-corrected chi connectivity index (χ2v) is 9.03. The highest BCUT2D eigenvalue weighted by atomic mass is 16.5. The van der Waals surface area contributed by atoms with Gasteiger partial charge in [-0.15, -0.1) is 0 Å². The lowest BCUT2D eigenvalue weighted by molar-refractivity contribution is 0.0999.